The monoisotopic (exact) mass is 371 g/mol. The number of hydrogen-bond donors (Lipinski definition) is 1. The number of anilines is 1. The van der Waals surface area contributed by atoms with Crippen LogP contribution in [0.1, 0.15) is 17.1 Å². The molecule has 26 heavy (non-hydrogen) atoms. The van der Waals surface area contributed by atoms with Gasteiger partial charge in [-0.3, -0.25) is 4.79 Å². The lowest BCUT2D eigenvalue weighted by atomic mass is 10.3. The molecule has 134 valence electrons. The van der Waals surface area contributed by atoms with Crippen molar-refractivity contribution in [2.75, 3.05) is 11.1 Å². The molecule has 3 aromatic rings. The Morgan fingerprint density at radius 3 is 2.50 bits per heavy atom. The van der Waals surface area contributed by atoms with Gasteiger partial charge in [-0.15, -0.1) is 11.8 Å². The van der Waals surface area contributed by atoms with Crippen LogP contribution in [-0.2, 0) is 4.79 Å². The molecule has 2 aromatic heterocycles. The zero-order valence-electron chi connectivity index (χ0n) is 14.7. The molecule has 0 spiro atoms. The second kappa shape index (κ2) is 7.65. The van der Waals surface area contributed by atoms with E-state index in [4.69, 9.17) is 0 Å². The zero-order chi connectivity index (χ0) is 18.7. The second-order valence-electron chi connectivity index (χ2n) is 5.80. The largest absolute Gasteiger partial charge is 0.310 e. The smallest absolute Gasteiger partial charge is 0.252 e. The van der Waals surface area contributed by atoms with Crippen LogP contribution in [0.2, 0.25) is 0 Å². The molecule has 1 N–H and O–H groups in total. The lowest BCUT2D eigenvalue weighted by Gasteiger charge is -2.09. The van der Waals surface area contributed by atoms with E-state index in [1.165, 1.54) is 10.7 Å². The van der Waals surface area contributed by atoms with Gasteiger partial charge in [0.25, 0.3) is 5.95 Å². The van der Waals surface area contributed by atoms with Crippen molar-refractivity contribution in [1.29, 1.82) is 0 Å². The van der Waals surface area contributed by atoms with E-state index in [1.54, 1.807) is 24.3 Å². The van der Waals surface area contributed by atoms with E-state index >= 15 is 0 Å². The number of hydrogen-bond acceptors (Lipinski definition) is 5. The van der Waals surface area contributed by atoms with Crippen LogP contribution in [-0.4, -0.2) is 31.4 Å². The number of thioether (sulfide) groups is 1. The fraction of sp³-hybridized carbons (Fsp3) is 0.222. The molecule has 0 radical (unpaired) electrons. The number of aryl methyl sites for hydroxylation is 3. The Kier molecular flexibility index (Phi) is 5.32. The summed E-state index contributed by atoms with van der Waals surface area (Å²) in [6, 6.07) is 9.97. The van der Waals surface area contributed by atoms with Crippen molar-refractivity contribution in [3.05, 3.63) is 59.3 Å². The van der Waals surface area contributed by atoms with E-state index in [2.05, 4.69) is 20.4 Å². The van der Waals surface area contributed by atoms with Crippen molar-refractivity contribution in [2.24, 2.45) is 0 Å². The summed E-state index contributed by atoms with van der Waals surface area (Å²) < 4.78 is 15.1. The van der Waals surface area contributed by atoms with Crippen LogP contribution >= 0.6 is 11.8 Å². The third-order valence-electron chi connectivity index (χ3n) is 3.45. The highest BCUT2D eigenvalue weighted by Crippen LogP contribution is 2.22. The number of rotatable bonds is 5. The van der Waals surface area contributed by atoms with E-state index in [9.17, 15) is 9.18 Å². The van der Waals surface area contributed by atoms with Gasteiger partial charge in [0.2, 0.25) is 5.91 Å². The Balaban J connectivity index is 1.76. The average molecular weight is 371 g/mol. The molecule has 1 aromatic carbocycles. The van der Waals surface area contributed by atoms with E-state index in [-0.39, 0.29) is 17.5 Å². The minimum Gasteiger partial charge on any atom is -0.310 e. The predicted molar refractivity (Wildman–Crippen MR) is 99.1 cm³/mol. The first kappa shape index (κ1) is 18.1. The summed E-state index contributed by atoms with van der Waals surface area (Å²) in [5.74, 6) is 0.358. The summed E-state index contributed by atoms with van der Waals surface area (Å²) in [6.07, 6.45) is 0. The molecule has 0 atom stereocenters. The van der Waals surface area contributed by atoms with Crippen molar-refractivity contribution in [3.63, 3.8) is 0 Å². The molecule has 0 aliphatic carbocycles. The molecule has 0 bridgehead atoms. The summed E-state index contributed by atoms with van der Waals surface area (Å²) in [6.45, 7) is 5.57. The van der Waals surface area contributed by atoms with E-state index < -0.39 is 0 Å². The summed E-state index contributed by atoms with van der Waals surface area (Å²) in [4.78, 5) is 21.5. The van der Waals surface area contributed by atoms with Crippen LogP contribution in [0.15, 0.2) is 41.3 Å². The zero-order valence-corrected chi connectivity index (χ0v) is 15.5. The van der Waals surface area contributed by atoms with Crippen LogP contribution in [0, 0.1) is 26.6 Å². The number of nitrogens with one attached hydrogen (secondary N) is 1. The van der Waals surface area contributed by atoms with Gasteiger partial charge in [0.05, 0.1) is 11.4 Å². The van der Waals surface area contributed by atoms with Crippen LogP contribution in [0.3, 0.4) is 0 Å². The minimum absolute atomic E-state index is 0.0822. The molecule has 0 saturated carbocycles. The Morgan fingerprint density at radius 2 is 1.81 bits per heavy atom. The summed E-state index contributed by atoms with van der Waals surface area (Å²) in [7, 11) is 0. The van der Waals surface area contributed by atoms with Gasteiger partial charge in [-0.25, -0.2) is 14.4 Å². The normalized spacial score (nSPS) is 10.8. The Hall–Kier alpha value is -2.74. The van der Waals surface area contributed by atoms with E-state index in [1.807, 2.05) is 26.8 Å². The molecule has 0 fully saturated rings. The van der Waals surface area contributed by atoms with Crippen LogP contribution < -0.4 is 5.32 Å². The molecule has 0 unspecified atom stereocenters. The second-order valence-corrected chi connectivity index (χ2v) is 6.82. The maximum atomic E-state index is 13.6. The van der Waals surface area contributed by atoms with E-state index in [0.29, 0.717) is 16.7 Å². The van der Waals surface area contributed by atoms with Gasteiger partial charge >= 0.3 is 0 Å². The quantitative estimate of drug-likeness (QED) is 0.696. The highest BCUT2D eigenvalue weighted by Gasteiger charge is 2.14. The third-order valence-corrected chi connectivity index (χ3v) is 4.50. The van der Waals surface area contributed by atoms with Gasteiger partial charge in [0.1, 0.15) is 11.6 Å². The SMILES string of the molecule is Cc1cc(C)nc(-n2nc(C)cc2NC(=O)CSc2ccccc2F)n1. The lowest BCUT2D eigenvalue weighted by Crippen LogP contribution is -2.18. The molecule has 0 aliphatic heterocycles. The highest BCUT2D eigenvalue weighted by atomic mass is 32.2. The molecule has 2 heterocycles. The van der Waals surface area contributed by atoms with E-state index in [0.717, 1.165) is 28.8 Å². The van der Waals surface area contributed by atoms with Gasteiger partial charge in [0, 0.05) is 22.3 Å². The summed E-state index contributed by atoms with van der Waals surface area (Å²) in [5.41, 5.74) is 2.35. The topological polar surface area (TPSA) is 72.7 Å². The van der Waals surface area contributed by atoms with Gasteiger partial charge < -0.3 is 5.32 Å². The number of carbonyl (C=O) groups is 1. The molecule has 6 nitrogen and oxygen atoms in total. The first-order valence-corrected chi connectivity index (χ1v) is 8.97. The standard InChI is InChI=1S/C18H18FN5OS/c1-11-8-12(2)21-18(20-11)24-16(9-13(3)23-24)22-17(25)10-26-15-7-5-4-6-14(15)19/h4-9H,10H2,1-3H3,(H,22,25). The number of halogens is 1. The van der Waals surface area contributed by atoms with Gasteiger partial charge in [-0.05, 0) is 39.0 Å². The lowest BCUT2D eigenvalue weighted by molar-refractivity contribution is -0.113. The van der Waals surface area contributed by atoms with Crippen molar-refractivity contribution in [2.45, 2.75) is 25.7 Å². The van der Waals surface area contributed by atoms with Gasteiger partial charge in [-0.2, -0.15) is 9.78 Å². The van der Waals surface area contributed by atoms with Crippen molar-refractivity contribution >= 4 is 23.5 Å². The number of aromatic nitrogens is 4. The van der Waals surface area contributed by atoms with Crippen molar-refractivity contribution < 1.29 is 9.18 Å². The average Bonchev–Trinajstić information content (AvgIpc) is 2.93. The fourth-order valence-corrected chi connectivity index (χ4v) is 3.17. The summed E-state index contributed by atoms with van der Waals surface area (Å²) in [5, 5.41) is 7.16. The number of benzene rings is 1. The number of nitrogens with zero attached hydrogens (tertiary/aromatic N) is 4. The highest BCUT2D eigenvalue weighted by molar-refractivity contribution is 8.00. The fourth-order valence-electron chi connectivity index (χ4n) is 2.43. The third kappa shape index (κ3) is 4.26. The molecule has 3 rings (SSSR count). The Morgan fingerprint density at radius 1 is 1.12 bits per heavy atom. The van der Waals surface area contributed by atoms with Crippen molar-refractivity contribution in [3.8, 4) is 5.95 Å². The maximum absolute atomic E-state index is 13.6. The molecule has 1 amide bonds. The molecule has 8 heteroatoms. The van der Waals surface area contributed by atoms with Crippen molar-refractivity contribution in [1.82, 2.24) is 19.7 Å². The van der Waals surface area contributed by atoms with Gasteiger partial charge in [0.15, 0.2) is 0 Å². The molecular weight excluding hydrogens is 353 g/mol. The van der Waals surface area contributed by atoms with Gasteiger partial charge in [-0.1, -0.05) is 12.1 Å². The molecule has 0 aliphatic rings. The summed E-state index contributed by atoms with van der Waals surface area (Å²) >= 11 is 1.14. The van der Waals surface area contributed by atoms with Crippen LogP contribution in [0.4, 0.5) is 10.2 Å². The van der Waals surface area contributed by atoms with Crippen LogP contribution in [0.25, 0.3) is 5.95 Å². The first-order valence-electron chi connectivity index (χ1n) is 7.99. The predicted octanol–water partition coefficient (Wildman–Crippen LogP) is 3.46. The molecule has 0 saturated heterocycles. The van der Waals surface area contributed by atoms with Crippen LogP contribution in [0.5, 0.6) is 0 Å². The maximum Gasteiger partial charge on any atom is 0.252 e. The number of amides is 1. The molecular formula is C18H18FN5OS. The minimum atomic E-state index is -0.338. The number of carbonyl (C=O) groups excluding carboxylic acids is 1. The Labute approximate surface area is 154 Å². The Bertz CT molecular complexity index is 936. The first-order chi connectivity index (χ1) is 12.4.